The van der Waals surface area contributed by atoms with E-state index in [1.807, 2.05) is 42.9 Å². The SMILES string of the molecule is Cc1nn(C)c(C)c1CNc1ccccc1CO. The van der Waals surface area contributed by atoms with Crippen molar-refractivity contribution < 1.29 is 5.11 Å². The van der Waals surface area contributed by atoms with Crippen molar-refractivity contribution >= 4 is 5.69 Å². The highest BCUT2D eigenvalue weighted by Gasteiger charge is 2.09. The van der Waals surface area contributed by atoms with E-state index >= 15 is 0 Å². The molecule has 2 rings (SSSR count). The van der Waals surface area contributed by atoms with Crippen LogP contribution in [0.4, 0.5) is 5.69 Å². The number of para-hydroxylation sites is 1. The standard InChI is InChI=1S/C14H19N3O/c1-10-13(11(2)17(3)16-10)8-15-14-7-5-4-6-12(14)9-18/h4-7,15,18H,8-9H2,1-3H3. The van der Waals surface area contributed by atoms with Crippen LogP contribution < -0.4 is 5.32 Å². The summed E-state index contributed by atoms with van der Waals surface area (Å²) in [5.74, 6) is 0. The Bertz CT molecular complexity index is 546. The van der Waals surface area contributed by atoms with E-state index in [0.29, 0.717) is 0 Å². The number of aromatic nitrogens is 2. The Labute approximate surface area is 107 Å². The summed E-state index contributed by atoms with van der Waals surface area (Å²) < 4.78 is 1.89. The van der Waals surface area contributed by atoms with E-state index in [4.69, 9.17) is 0 Å². The fourth-order valence-corrected chi connectivity index (χ4v) is 2.09. The molecule has 0 aliphatic rings. The summed E-state index contributed by atoms with van der Waals surface area (Å²) in [5, 5.41) is 17.0. The van der Waals surface area contributed by atoms with Crippen LogP contribution in [0.2, 0.25) is 0 Å². The molecule has 4 nitrogen and oxygen atoms in total. The van der Waals surface area contributed by atoms with Crippen LogP contribution in [0.25, 0.3) is 0 Å². The molecule has 96 valence electrons. The lowest BCUT2D eigenvalue weighted by atomic mass is 10.1. The molecule has 0 fully saturated rings. The number of hydrogen-bond donors (Lipinski definition) is 2. The summed E-state index contributed by atoms with van der Waals surface area (Å²) in [7, 11) is 1.95. The first kappa shape index (κ1) is 12.6. The topological polar surface area (TPSA) is 50.1 Å². The third-order valence-electron chi connectivity index (χ3n) is 3.30. The maximum atomic E-state index is 9.27. The van der Waals surface area contributed by atoms with Crippen LogP contribution in [-0.2, 0) is 20.2 Å². The Kier molecular flexibility index (Phi) is 3.67. The van der Waals surface area contributed by atoms with Crippen molar-refractivity contribution in [2.45, 2.75) is 27.0 Å². The van der Waals surface area contributed by atoms with Gasteiger partial charge in [-0.2, -0.15) is 5.10 Å². The van der Waals surface area contributed by atoms with Crippen LogP contribution in [0, 0.1) is 13.8 Å². The van der Waals surface area contributed by atoms with Gasteiger partial charge >= 0.3 is 0 Å². The van der Waals surface area contributed by atoms with Crippen molar-refractivity contribution in [2.24, 2.45) is 7.05 Å². The van der Waals surface area contributed by atoms with Crippen LogP contribution in [-0.4, -0.2) is 14.9 Å². The van der Waals surface area contributed by atoms with Crippen LogP contribution in [0.5, 0.6) is 0 Å². The molecule has 0 atom stereocenters. The zero-order valence-electron chi connectivity index (χ0n) is 11.1. The largest absolute Gasteiger partial charge is 0.392 e. The van der Waals surface area contributed by atoms with Crippen molar-refractivity contribution in [3.05, 3.63) is 46.8 Å². The lowest BCUT2D eigenvalue weighted by Gasteiger charge is -2.10. The molecule has 0 aliphatic heterocycles. The Morgan fingerprint density at radius 1 is 1.28 bits per heavy atom. The minimum absolute atomic E-state index is 0.0498. The number of anilines is 1. The van der Waals surface area contributed by atoms with Crippen LogP contribution in [0.15, 0.2) is 24.3 Å². The van der Waals surface area contributed by atoms with E-state index in [2.05, 4.69) is 17.3 Å². The van der Waals surface area contributed by atoms with Gasteiger partial charge in [-0.3, -0.25) is 4.68 Å². The predicted molar refractivity (Wildman–Crippen MR) is 72.4 cm³/mol. The smallest absolute Gasteiger partial charge is 0.0701 e. The lowest BCUT2D eigenvalue weighted by molar-refractivity contribution is 0.282. The van der Waals surface area contributed by atoms with Gasteiger partial charge in [-0.25, -0.2) is 0 Å². The molecule has 18 heavy (non-hydrogen) atoms. The fraction of sp³-hybridized carbons (Fsp3) is 0.357. The summed E-state index contributed by atoms with van der Waals surface area (Å²) in [4.78, 5) is 0. The van der Waals surface area contributed by atoms with Crippen LogP contribution >= 0.6 is 0 Å². The Balaban J connectivity index is 2.16. The van der Waals surface area contributed by atoms with Gasteiger partial charge in [0.25, 0.3) is 0 Å². The molecule has 0 bridgehead atoms. The average Bonchev–Trinajstić information content (AvgIpc) is 2.62. The Hall–Kier alpha value is -1.81. The van der Waals surface area contributed by atoms with Gasteiger partial charge in [0.2, 0.25) is 0 Å². The molecule has 0 unspecified atom stereocenters. The number of aliphatic hydroxyl groups excluding tert-OH is 1. The summed E-state index contributed by atoms with van der Waals surface area (Å²) in [6, 6.07) is 7.79. The fourth-order valence-electron chi connectivity index (χ4n) is 2.09. The summed E-state index contributed by atoms with van der Waals surface area (Å²) in [6.07, 6.45) is 0. The molecule has 0 saturated carbocycles. The molecule has 1 aromatic carbocycles. The molecular weight excluding hydrogens is 226 g/mol. The van der Waals surface area contributed by atoms with Crippen molar-refractivity contribution in [1.82, 2.24) is 9.78 Å². The highest BCUT2D eigenvalue weighted by Crippen LogP contribution is 2.18. The Morgan fingerprint density at radius 3 is 2.61 bits per heavy atom. The average molecular weight is 245 g/mol. The highest BCUT2D eigenvalue weighted by molar-refractivity contribution is 5.51. The molecule has 1 heterocycles. The third kappa shape index (κ3) is 2.38. The van der Waals surface area contributed by atoms with Gasteiger partial charge in [-0.1, -0.05) is 18.2 Å². The summed E-state index contributed by atoms with van der Waals surface area (Å²) in [6.45, 7) is 4.85. The number of nitrogens with zero attached hydrogens (tertiary/aromatic N) is 2. The monoisotopic (exact) mass is 245 g/mol. The second kappa shape index (κ2) is 5.23. The number of nitrogens with one attached hydrogen (secondary N) is 1. The maximum Gasteiger partial charge on any atom is 0.0701 e. The molecule has 2 aromatic rings. The molecule has 0 saturated heterocycles. The van der Waals surface area contributed by atoms with Crippen LogP contribution in [0.3, 0.4) is 0 Å². The zero-order chi connectivity index (χ0) is 13.1. The van der Waals surface area contributed by atoms with Gasteiger partial charge in [0, 0.05) is 36.1 Å². The lowest BCUT2D eigenvalue weighted by Crippen LogP contribution is -2.04. The quantitative estimate of drug-likeness (QED) is 0.867. The van der Waals surface area contributed by atoms with Crippen molar-refractivity contribution in [3.8, 4) is 0 Å². The van der Waals surface area contributed by atoms with Gasteiger partial charge in [0.15, 0.2) is 0 Å². The van der Waals surface area contributed by atoms with Crippen LogP contribution in [0.1, 0.15) is 22.5 Å². The van der Waals surface area contributed by atoms with Crippen molar-refractivity contribution in [1.29, 1.82) is 0 Å². The van der Waals surface area contributed by atoms with Crippen molar-refractivity contribution in [2.75, 3.05) is 5.32 Å². The number of benzene rings is 1. The first-order valence-corrected chi connectivity index (χ1v) is 6.05. The third-order valence-corrected chi connectivity index (χ3v) is 3.30. The van der Waals surface area contributed by atoms with Gasteiger partial charge in [-0.05, 0) is 19.9 Å². The van der Waals surface area contributed by atoms with E-state index in [0.717, 1.165) is 23.5 Å². The molecule has 0 aliphatic carbocycles. The molecule has 0 amide bonds. The van der Waals surface area contributed by atoms with Gasteiger partial charge in [0.05, 0.1) is 12.3 Å². The van der Waals surface area contributed by atoms with Gasteiger partial charge < -0.3 is 10.4 Å². The van der Waals surface area contributed by atoms with Crippen molar-refractivity contribution in [3.63, 3.8) is 0 Å². The second-order valence-corrected chi connectivity index (χ2v) is 4.44. The first-order chi connectivity index (χ1) is 8.63. The number of aryl methyl sites for hydroxylation is 2. The summed E-state index contributed by atoms with van der Waals surface area (Å²) in [5.41, 5.74) is 5.31. The van der Waals surface area contributed by atoms with E-state index < -0.39 is 0 Å². The minimum Gasteiger partial charge on any atom is -0.392 e. The summed E-state index contributed by atoms with van der Waals surface area (Å²) >= 11 is 0. The Morgan fingerprint density at radius 2 is 2.00 bits per heavy atom. The van der Waals surface area contributed by atoms with Gasteiger partial charge in [0.1, 0.15) is 0 Å². The predicted octanol–water partition coefficient (Wildman–Crippen LogP) is 2.14. The molecule has 2 N–H and O–H groups in total. The van der Waals surface area contributed by atoms with E-state index in [-0.39, 0.29) is 6.61 Å². The molecular formula is C14H19N3O. The zero-order valence-corrected chi connectivity index (χ0v) is 11.1. The number of aliphatic hydroxyl groups is 1. The molecule has 4 heteroatoms. The first-order valence-electron chi connectivity index (χ1n) is 6.05. The number of hydrogen-bond acceptors (Lipinski definition) is 3. The molecule has 1 aromatic heterocycles. The molecule has 0 radical (unpaired) electrons. The van der Waals surface area contributed by atoms with E-state index in [1.165, 1.54) is 11.3 Å². The number of rotatable bonds is 4. The highest BCUT2D eigenvalue weighted by atomic mass is 16.3. The van der Waals surface area contributed by atoms with E-state index in [9.17, 15) is 5.11 Å². The minimum atomic E-state index is 0.0498. The molecule has 0 spiro atoms. The normalized spacial score (nSPS) is 10.7. The maximum absolute atomic E-state index is 9.27. The second-order valence-electron chi connectivity index (χ2n) is 4.44. The van der Waals surface area contributed by atoms with Gasteiger partial charge in [-0.15, -0.1) is 0 Å². The van der Waals surface area contributed by atoms with E-state index in [1.54, 1.807) is 0 Å².